The van der Waals surface area contributed by atoms with E-state index in [-0.39, 0.29) is 5.41 Å². The van der Waals surface area contributed by atoms with Crippen molar-refractivity contribution in [3.63, 3.8) is 0 Å². The molecule has 0 saturated carbocycles. The van der Waals surface area contributed by atoms with Crippen molar-refractivity contribution in [2.45, 2.75) is 39.8 Å². The van der Waals surface area contributed by atoms with Gasteiger partial charge in [0.2, 0.25) is 0 Å². The van der Waals surface area contributed by atoms with Crippen molar-refractivity contribution in [2.24, 2.45) is 5.41 Å². The maximum absolute atomic E-state index is 11.1. The molecule has 0 saturated heterocycles. The van der Waals surface area contributed by atoms with E-state index < -0.39 is 5.60 Å². The molecule has 5 heteroatoms. The first-order chi connectivity index (χ1) is 8.33. The number of hydrogen-bond donors (Lipinski definition) is 1. The largest absolute Gasteiger partial charge is 0.382 e. The van der Waals surface area contributed by atoms with Crippen LogP contribution in [0.5, 0.6) is 0 Å². The van der Waals surface area contributed by atoms with Gasteiger partial charge in [-0.15, -0.1) is 11.3 Å². The maximum atomic E-state index is 11.1. The molecule has 2 aromatic rings. The van der Waals surface area contributed by atoms with E-state index in [0.29, 0.717) is 6.54 Å². The lowest BCUT2D eigenvalue weighted by Crippen LogP contribution is -2.43. The van der Waals surface area contributed by atoms with Crippen LogP contribution < -0.4 is 0 Å². The molecular formula is C13H19N3OS. The molecule has 2 heterocycles. The second-order valence-electron chi connectivity index (χ2n) is 5.61. The van der Waals surface area contributed by atoms with Crippen LogP contribution in [0.2, 0.25) is 0 Å². The molecule has 0 aliphatic rings. The Morgan fingerprint density at radius 3 is 2.50 bits per heavy atom. The summed E-state index contributed by atoms with van der Waals surface area (Å²) in [6.07, 6.45) is 3.12. The van der Waals surface area contributed by atoms with Crippen LogP contribution in [0, 0.1) is 12.3 Å². The molecule has 0 amide bonds. The van der Waals surface area contributed by atoms with Crippen molar-refractivity contribution in [1.29, 1.82) is 0 Å². The molecule has 0 aliphatic carbocycles. The van der Waals surface area contributed by atoms with Crippen molar-refractivity contribution in [3.8, 4) is 0 Å². The summed E-state index contributed by atoms with van der Waals surface area (Å²) in [5.41, 5.74) is -1.23. The Morgan fingerprint density at radius 2 is 2.06 bits per heavy atom. The number of aryl methyl sites for hydroxylation is 1. The lowest BCUT2D eigenvalue weighted by molar-refractivity contribution is -0.0774. The van der Waals surface area contributed by atoms with Gasteiger partial charge in [-0.1, -0.05) is 20.8 Å². The van der Waals surface area contributed by atoms with Crippen LogP contribution in [0.4, 0.5) is 0 Å². The molecule has 2 rings (SSSR count). The molecule has 18 heavy (non-hydrogen) atoms. The first kappa shape index (κ1) is 13.2. The van der Waals surface area contributed by atoms with Crippen LogP contribution in [0.1, 0.15) is 30.5 Å². The lowest BCUT2D eigenvalue weighted by atomic mass is 9.75. The Hall–Kier alpha value is -1.20. The summed E-state index contributed by atoms with van der Waals surface area (Å²) in [6, 6.07) is 4.04. The first-order valence-electron chi connectivity index (χ1n) is 5.95. The summed E-state index contributed by atoms with van der Waals surface area (Å²) in [5, 5.41) is 15.2. The standard InChI is InChI=1S/C13H19N3OS/c1-10-5-6-11(18-10)13(17,12(2,3)4)7-16-9-14-8-15-16/h5-6,8-9,17H,7H2,1-4H3. The number of thiophene rings is 1. The van der Waals surface area contributed by atoms with Gasteiger partial charge in [0.1, 0.15) is 18.3 Å². The third-order valence-corrected chi connectivity index (χ3v) is 4.40. The molecule has 98 valence electrons. The molecule has 4 nitrogen and oxygen atoms in total. The Balaban J connectivity index is 2.41. The van der Waals surface area contributed by atoms with E-state index in [0.717, 1.165) is 4.88 Å². The molecule has 0 fully saturated rings. The third kappa shape index (κ3) is 2.33. The Labute approximate surface area is 111 Å². The molecular weight excluding hydrogens is 246 g/mol. The van der Waals surface area contributed by atoms with Crippen molar-refractivity contribution < 1.29 is 5.11 Å². The number of aliphatic hydroxyl groups is 1. The molecule has 2 aromatic heterocycles. The highest BCUT2D eigenvalue weighted by Gasteiger charge is 2.43. The van der Waals surface area contributed by atoms with E-state index in [1.165, 1.54) is 11.2 Å². The van der Waals surface area contributed by atoms with Crippen molar-refractivity contribution in [3.05, 3.63) is 34.5 Å². The van der Waals surface area contributed by atoms with Gasteiger partial charge < -0.3 is 5.11 Å². The van der Waals surface area contributed by atoms with Gasteiger partial charge in [0, 0.05) is 9.75 Å². The van der Waals surface area contributed by atoms with E-state index in [1.54, 1.807) is 22.3 Å². The molecule has 0 aromatic carbocycles. The van der Waals surface area contributed by atoms with E-state index in [2.05, 4.69) is 10.1 Å². The number of rotatable bonds is 3. The monoisotopic (exact) mass is 265 g/mol. The predicted octanol–water partition coefficient (Wildman–Crippen LogP) is 2.58. The van der Waals surface area contributed by atoms with Gasteiger partial charge in [-0.3, -0.25) is 0 Å². The van der Waals surface area contributed by atoms with Gasteiger partial charge in [-0.2, -0.15) is 5.10 Å². The molecule has 0 spiro atoms. The van der Waals surface area contributed by atoms with E-state index >= 15 is 0 Å². The quantitative estimate of drug-likeness (QED) is 0.928. The average Bonchev–Trinajstić information content (AvgIpc) is 2.87. The molecule has 1 N–H and O–H groups in total. The maximum Gasteiger partial charge on any atom is 0.137 e. The highest BCUT2D eigenvalue weighted by Crippen LogP contribution is 2.43. The van der Waals surface area contributed by atoms with Gasteiger partial charge >= 0.3 is 0 Å². The van der Waals surface area contributed by atoms with Crippen molar-refractivity contribution >= 4 is 11.3 Å². The topological polar surface area (TPSA) is 50.9 Å². The van der Waals surface area contributed by atoms with Crippen LogP contribution in [0.3, 0.4) is 0 Å². The fourth-order valence-corrected chi connectivity index (χ4v) is 3.05. The highest BCUT2D eigenvalue weighted by molar-refractivity contribution is 7.12. The second kappa shape index (κ2) is 4.48. The molecule has 0 radical (unpaired) electrons. The molecule has 0 bridgehead atoms. The summed E-state index contributed by atoms with van der Waals surface area (Å²) in [5.74, 6) is 0. The zero-order valence-corrected chi connectivity index (χ0v) is 12.0. The van der Waals surface area contributed by atoms with Gasteiger partial charge in [0.05, 0.1) is 6.54 Å². The summed E-state index contributed by atoms with van der Waals surface area (Å²) in [7, 11) is 0. The van der Waals surface area contributed by atoms with Gasteiger partial charge in [-0.25, -0.2) is 9.67 Å². The smallest absolute Gasteiger partial charge is 0.137 e. The van der Waals surface area contributed by atoms with Gasteiger partial charge in [-0.05, 0) is 24.5 Å². The minimum atomic E-state index is -0.945. The van der Waals surface area contributed by atoms with Crippen LogP contribution >= 0.6 is 11.3 Å². The summed E-state index contributed by atoms with van der Waals surface area (Å²) < 4.78 is 1.68. The highest BCUT2D eigenvalue weighted by atomic mass is 32.1. The summed E-state index contributed by atoms with van der Waals surface area (Å²) in [4.78, 5) is 6.11. The molecule has 0 aliphatic heterocycles. The summed E-state index contributed by atoms with van der Waals surface area (Å²) >= 11 is 1.63. The van der Waals surface area contributed by atoms with Gasteiger partial charge in [0.25, 0.3) is 0 Å². The van der Waals surface area contributed by atoms with Crippen LogP contribution in [0.15, 0.2) is 24.8 Å². The zero-order chi connectivity index (χ0) is 13.4. The predicted molar refractivity (Wildman–Crippen MR) is 72.4 cm³/mol. The van der Waals surface area contributed by atoms with Crippen LogP contribution in [-0.2, 0) is 12.1 Å². The fraction of sp³-hybridized carbons (Fsp3) is 0.538. The minimum Gasteiger partial charge on any atom is -0.382 e. The summed E-state index contributed by atoms with van der Waals surface area (Å²) in [6.45, 7) is 8.58. The average molecular weight is 265 g/mol. The van der Waals surface area contributed by atoms with E-state index in [9.17, 15) is 5.11 Å². The lowest BCUT2D eigenvalue weighted by Gasteiger charge is -2.39. The number of hydrogen-bond acceptors (Lipinski definition) is 4. The minimum absolute atomic E-state index is 0.282. The van der Waals surface area contributed by atoms with E-state index in [4.69, 9.17) is 0 Å². The number of nitrogens with zero attached hydrogens (tertiary/aromatic N) is 3. The zero-order valence-electron chi connectivity index (χ0n) is 11.2. The number of aromatic nitrogens is 3. The Bertz CT molecular complexity index is 513. The third-order valence-electron chi connectivity index (χ3n) is 3.25. The van der Waals surface area contributed by atoms with E-state index in [1.807, 2.05) is 39.8 Å². The fourth-order valence-electron chi connectivity index (χ4n) is 1.89. The molecule has 1 atom stereocenters. The Morgan fingerprint density at radius 1 is 1.33 bits per heavy atom. The Kier molecular flexibility index (Phi) is 3.29. The second-order valence-corrected chi connectivity index (χ2v) is 6.90. The first-order valence-corrected chi connectivity index (χ1v) is 6.76. The van der Waals surface area contributed by atoms with Crippen molar-refractivity contribution in [1.82, 2.24) is 14.8 Å². The van der Waals surface area contributed by atoms with Crippen molar-refractivity contribution in [2.75, 3.05) is 0 Å². The SMILES string of the molecule is Cc1ccc(C(O)(Cn2cncn2)C(C)(C)C)s1. The normalized spacial score (nSPS) is 15.6. The van der Waals surface area contributed by atoms with Gasteiger partial charge in [0.15, 0.2) is 0 Å². The van der Waals surface area contributed by atoms with Crippen LogP contribution in [0.25, 0.3) is 0 Å². The van der Waals surface area contributed by atoms with Crippen LogP contribution in [-0.4, -0.2) is 19.9 Å². The molecule has 1 unspecified atom stereocenters.